The van der Waals surface area contributed by atoms with Gasteiger partial charge in [0.05, 0.1) is 21.6 Å². The number of amides is 1. The Labute approximate surface area is 222 Å². The van der Waals surface area contributed by atoms with E-state index in [1.165, 1.54) is 37.4 Å². The third kappa shape index (κ3) is 6.32. The molecule has 0 saturated heterocycles. The molecule has 1 atom stereocenters. The average Bonchev–Trinajstić information content (AvgIpc) is 3.13. The number of aliphatic carboxylic acids is 1. The number of carbonyl (C=O) groups is 2. The molecule has 0 spiro atoms. The number of aromatic nitrogens is 2. The van der Waals surface area contributed by atoms with Crippen molar-refractivity contribution < 1.29 is 32.6 Å². The Bertz CT molecular complexity index is 1360. The number of likely N-dealkylation sites (N-methyl/N-ethyl adjacent to an activating group) is 1. The Morgan fingerprint density at radius 3 is 2.55 bits per heavy atom. The number of hydrogen-bond donors (Lipinski definition) is 2. The molecule has 1 aliphatic carbocycles. The van der Waals surface area contributed by atoms with Gasteiger partial charge in [-0.25, -0.2) is 4.98 Å². The predicted octanol–water partition coefficient (Wildman–Crippen LogP) is 6.63. The van der Waals surface area contributed by atoms with Crippen LogP contribution in [0.2, 0.25) is 5.02 Å². The van der Waals surface area contributed by atoms with Crippen LogP contribution in [-0.4, -0.2) is 51.4 Å². The summed E-state index contributed by atoms with van der Waals surface area (Å²) in [6, 6.07) is 8.58. The number of halogens is 4. The fourth-order valence-corrected chi connectivity index (χ4v) is 5.20. The zero-order valence-corrected chi connectivity index (χ0v) is 21.9. The molecule has 1 aliphatic rings. The van der Waals surface area contributed by atoms with Gasteiger partial charge in [0.15, 0.2) is 0 Å². The van der Waals surface area contributed by atoms with E-state index in [4.69, 9.17) is 21.7 Å². The van der Waals surface area contributed by atoms with Crippen LogP contribution in [0.3, 0.4) is 0 Å². The normalized spacial score (nSPS) is 17.3. The van der Waals surface area contributed by atoms with E-state index in [1.807, 2.05) is 4.57 Å². The van der Waals surface area contributed by atoms with Crippen LogP contribution in [0, 0.1) is 5.41 Å². The van der Waals surface area contributed by atoms with E-state index in [0.717, 1.165) is 30.6 Å². The molecular formula is C26H28ClF3N4O4. The standard InChI is InChI=1S/C26H28ClF3N4O4/c1-25(2)10-4-5-16(13-25)34-21-12-19(27)18(23(37)33(3)14-22(35)36)11-20(21)32-24(34)31-15-6-8-17(9-7-15)38-26(28,29)30/h6-9,11-12,16H,4-5,10,13-14H2,1-3H3,(H,31,32)(H,35,36). The Hall–Kier alpha value is -3.47. The summed E-state index contributed by atoms with van der Waals surface area (Å²) in [6.07, 6.45) is -0.949. The smallest absolute Gasteiger partial charge is 0.480 e. The monoisotopic (exact) mass is 552 g/mol. The first-order valence-corrected chi connectivity index (χ1v) is 12.4. The van der Waals surface area contributed by atoms with E-state index in [2.05, 4.69) is 23.9 Å². The summed E-state index contributed by atoms with van der Waals surface area (Å²) in [5, 5.41) is 12.4. The van der Waals surface area contributed by atoms with E-state index in [0.29, 0.717) is 22.7 Å². The molecule has 1 amide bonds. The van der Waals surface area contributed by atoms with Gasteiger partial charge in [-0.1, -0.05) is 31.9 Å². The molecule has 38 heavy (non-hydrogen) atoms. The minimum Gasteiger partial charge on any atom is -0.480 e. The third-order valence-electron chi connectivity index (χ3n) is 6.62. The lowest BCUT2D eigenvalue weighted by atomic mass is 9.75. The average molecular weight is 553 g/mol. The van der Waals surface area contributed by atoms with Gasteiger partial charge in [0.1, 0.15) is 12.3 Å². The maximum Gasteiger partial charge on any atom is 0.573 e. The summed E-state index contributed by atoms with van der Waals surface area (Å²) >= 11 is 6.52. The highest BCUT2D eigenvalue weighted by atomic mass is 35.5. The number of ether oxygens (including phenoxy) is 1. The fourth-order valence-electron chi connectivity index (χ4n) is 4.97. The minimum atomic E-state index is -4.79. The van der Waals surface area contributed by atoms with E-state index >= 15 is 0 Å². The number of carbonyl (C=O) groups excluding carboxylic acids is 1. The predicted molar refractivity (Wildman–Crippen MR) is 137 cm³/mol. The molecule has 12 heteroatoms. The van der Waals surface area contributed by atoms with Crippen LogP contribution in [0.15, 0.2) is 36.4 Å². The molecule has 1 heterocycles. The van der Waals surface area contributed by atoms with Crippen molar-refractivity contribution in [1.29, 1.82) is 0 Å². The number of anilines is 2. The number of alkyl halides is 3. The van der Waals surface area contributed by atoms with Gasteiger partial charge in [0, 0.05) is 18.8 Å². The highest BCUT2D eigenvalue weighted by Gasteiger charge is 2.33. The number of fused-ring (bicyclic) bond motifs is 1. The highest BCUT2D eigenvalue weighted by molar-refractivity contribution is 6.34. The lowest BCUT2D eigenvalue weighted by molar-refractivity contribution is -0.274. The maximum atomic E-state index is 12.9. The number of rotatable bonds is 7. The van der Waals surface area contributed by atoms with Crippen LogP contribution in [0.4, 0.5) is 24.8 Å². The Balaban J connectivity index is 1.75. The summed E-state index contributed by atoms with van der Waals surface area (Å²) in [6.45, 7) is 3.92. The number of carboxylic acids is 1. The number of imidazole rings is 1. The molecule has 1 saturated carbocycles. The molecule has 1 unspecified atom stereocenters. The van der Waals surface area contributed by atoms with Crippen LogP contribution in [0.25, 0.3) is 11.0 Å². The SMILES string of the molecule is CN(CC(=O)O)C(=O)c1cc2nc(Nc3ccc(OC(F)(F)F)cc3)n(C3CCCC(C)(C)C3)c2cc1Cl. The topological polar surface area (TPSA) is 96.7 Å². The van der Waals surface area contributed by atoms with E-state index < -0.39 is 24.8 Å². The third-order valence-corrected chi connectivity index (χ3v) is 6.93. The second-order valence-electron chi connectivity index (χ2n) is 10.3. The zero-order chi connectivity index (χ0) is 27.8. The summed E-state index contributed by atoms with van der Waals surface area (Å²) < 4.78 is 43.6. The van der Waals surface area contributed by atoms with Gasteiger partial charge in [-0.3, -0.25) is 9.59 Å². The largest absolute Gasteiger partial charge is 0.573 e. The summed E-state index contributed by atoms with van der Waals surface area (Å²) in [7, 11) is 1.37. The summed E-state index contributed by atoms with van der Waals surface area (Å²) in [4.78, 5) is 29.7. The Kier molecular flexibility index (Phi) is 7.51. The van der Waals surface area contributed by atoms with Crippen molar-refractivity contribution in [2.75, 3.05) is 18.9 Å². The number of nitrogens with zero attached hydrogens (tertiary/aromatic N) is 3. The van der Waals surface area contributed by atoms with Crippen LogP contribution in [0.5, 0.6) is 5.75 Å². The van der Waals surface area contributed by atoms with Crippen molar-refractivity contribution in [2.45, 2.75) is 51.9 Å². The maximum absolute atomic E-state index is 12.9. The molecule has 204 valence electrons. The van der Waals surface area contributed by atoms with E-state index in [-0.39, 0.29) is 27.8 Å². The van der Waals surface area contributed by atoms with E-state index in [1.54, 1.807) is 6.07 Å². The molecule has 4 rings (SSSR count). The van der Waals surface area contributed by atoms with Gasteiger partial charge in [-0.15, -0.1) is 13.2 Å². The molecule has 3 aromatic rings. The first kappa shape index (κ1) is 27.6. The number of benzene rings is 2. The van der Waals surface area contributed by atoms with Crippen molar-refractivity contribution in [2.24, 2.45) is 5.41 Å². The number of nitrogens with one attached hydrogen (secondary N) is 1. The van der Waals surface area contributed by atoms with Gasteiger partial charge in [0.2, 0.25) is 5.95 Å². The van der Waals surface area contributed by atoms with Crippen molar-refractivity contribution >= 4 is 46.1 Å². The summed E-state index contributed by atoms with van der Waals surface area (Å²) in [5.74, 6) is -1.60. The van der Waals surface area contributed by atoms with Crippen molar-refractivity contribution in [3.05, 3.63) is 47.0 Å². The highest BCUT2D eigenvalue weighted by Crippen LogP contribution is 2.44. The number of carboxylic acid groups (broad SMARTS) is 1. The second-order valence-corrected chi connectivity index (χ2v) is 10.7. The minimum absolute atomic E-state index is 0.0615. The molecule has 8 nitrogen and oxygen atoms in total. The van der Waals surface area contributed by atoms with Gasteiger partial charge < -0.3 is 24.6 Å². The molecular weight excluding hydrogens is 525 g/mol. The summed E-state index contributed by atoms with van der Waals surface area (Å²) in [5.41, 5.74) is 1.87. The second kappa shape index (κ2) is 10.4. The molecule has 0 aliphatic heterocycles. The number of hydrogen-bond acceptors (Lipinski definition) is 5. The van der Waals surface area contributed by atoms with E-state index in [9.17, 15) is 22.8 Å². The molecule has 2 N–H and O–H groups in total. The Morgan fingerprint density at radius 2 is 1.95 bits per heavy atom. The van der Waals surface area contributed by atoms with Crippen LogP contribution in [0.1, 0.15) is 55.9 Å². The van der Waals surface area contributed by atoms with Crippen molar-refractivity contribution in [1.82, 2.24) is 14.5 Å². The Morgan fingerprint density at radius 1 is 1.26 bits per heavy atom. The van der Waals surface area contributed by atoms with Gasteiger partial charge in [0.25, 0.3) is 5.91 Å². The molecule has 0 bridgehead atoms. The quantitative estimate of drug-likeness (QED) is 0.341. The van der Waals surface area contributed by atoms with Gasteiger partial charge in [-0.05, 0) is 61.1 Å². The van der Waals surface area contributed by atoms with Crippen molar-refractivity contribution in [3.8, 4) is 5.75 Å². The first-order chi connectivity index (χ1) is 17.7. The molecule has 1 fully saturated rings. The zero-order valence-electron chi connectivity index (χ0n) is 21.1. The van der Waals surface area contributed by atoms with Crippen LogP contribution in [-0.2, 0) is 4.79 Å². The molecule has 2 aromatic carbocycles. The van der Waals surface area contributed by atoms with Crippen LogP contribution < -0.4 is 10.1 Å². The fraction of sp³-hybridized carbons (Fsp3) is 0.423. The lowest BCUT2D eigenvalue weighted by Crippen LogP contribution is -2.32. The van der Waals surface area contributed by atoms with Gasteiger partial charge in [-0.2, -0.15) is 0 Å². The first-order valence-electron chi connectivity index (χ1n) is 12.0. The molecule has 1 aromatic heterocycles. The van der Waals surface area contributed by atoms with Gasteiger partial charge >= 0.3 is 12.3 Å². The van der Waals surface area contributed by atoms with Crippen molar-refractivity contribution in [3.63, 3.8) is 0 Å². The molecule has 0 radical (unpaired) electrons. The van der Waals surface area contributed by atoms with Crippen LogP contribution >= 0.6 is 11.6 Å². The lowest BCUT2D eigenvalue weighted by Gasteiger charge is -2.36.